The highest BCUT2D eigenvalue weighted by molar-refractivity contribution is 7.80. The van der Waals surface area contributed by atoms with Gasteiger partial charge in [0.1, 0.15) is 0 Å². The van der Waals surface area contributed by atoms with Crippen molar-refractivity contribution >= 4 is 40.8 Å². The number of hydrogen-bond acceptors (Lipinski definition) is 6. The summed E-state index contributed by atoms with van der Waals surface area (Å²) in [6, 6.07) is 10.1. The molecule has 3 fully saturated rings. The Morgan fingerprint density at radius 3 is 2.53 bits per heavy atom. The van der Waals surface area contributed by atoms with Crippen LogP contribution in [-0.4, -0.2) is 78.6 Å². The van der Waals surface area contributed by atoms with E-state index in [0.29, 0.717) is 37.5 Å². The van der Waals surface area contributed by atoms with Crippen molar-refractivity contribution in [3.8, 4) is 0 Å². The highest BCUT2D eigenvalue weighted by Crippen LogP contribution is 2.33. The van der Waals surface area contributed by atoms with Crippen molar-refractivity contribution in [3.05, 3.63) is 30.3 Å². The Bertz CT molecular complexity index is 872. The van der Waals surface area contributed by atoms with Crippen molar-refractivity contribution in [3.63, 3.8) is 0 Å². The van der Waals surface area contributed by atoms with Crippen LogP contribution in [0.25, 0.3) is 0 Å². The summed E-state index contributed by atoms with van der Waals surface area (Å²) >= 11 is 5.43. The van der Waals surface area contributed by atoms with E-state index in [2.05, 4.69) is 22.3 Å². The van der Waals surface area contributed by atoms with Gasteiger partial charge in [-0.3, -0.25) is 19.3 Å². The zero-order valence-electron chi connectivity index (χ0n) is 18.4. The van der Waals surface area contributed by atoms with Crippen LogP contribution in [0.3, 0.4) is 0 Å². The molecule has 3 unspecified atom stereocenters. The number of methoxy groups -OCH3 is 1. The lowest BCUT2D eigenvalue weighted by Gasteiger charge is -2.43. The SMILES string of the molecule is COC(=O)C1CCC2C(=O)N(CCC(=O)N3CCN(c4ccccc4)CC3)C(=S)NC2C1. The molecule has 172 valence electrons. The molecule has 32 heavy (non-hydrogen) atoms. The van der Waals surface area contributed by atoms with Crippen LogP contribution in [0.5, 0.6) is 0 Å². The second-order valence-electron chi connectivity index (χ2n) is 8.64. The number of hydrogen-bond donors (Lipinski definition) is 1. The Balaban J connectivity index is 1.27. The van der Waals surface area contributed by atoms with Crippen molar-refractivity contribution in [2.75, 3.05) is 44.7 Å². The summed E-state index contributed by atoms with van der Waals surface area (Å²) in [5.41, 5.74) is 1.17. The van der Waals surface area contributed by atoms with Gasteiger partial charge < -0.3 is 19.9 Å². The number of para-hydroxylation sites is 1. The maximum atomic E-state index is 13.1. The molecule has 2 aliphatic heterocycles. The van der Waals surface area contributed by atoms with Crippen molar-refractivity contribution in [1.82, 2.24) is 15.1 Å². The van der Waals surface area contributed by atoms with Gasteiger partial charge in [-0.05, 0) is 43.6 Å². The first-order chi connectivity index (χ1) is 15.5. The van der Waals surface area contributed by atoms with Gasteiger partial charge in [-0.2, -0.15) is 0 Å². The zero-order valence-corrected chi connectivity index (χ0v) is 19.2. The lowest BCUT2D eigenvalue weighted by atomic mass is 9.76. The van der Waals surface area contributed by atoms with Gasteiger partial charge in [0.15, 0.2) is 5.11 Å². The molecule has 1 N–H and O–H groups in total. The zero-order chi connectivity index (χ0) is 22.7. The molecular weight excluding hydrogens is 428 g/mol. The molecule has 0 aromatic heterocycles. The molecule has 3 atom stereocenters. The van der Waals surface area contributed by atoms with E-state index in [1.165, 1.54) is 17.7 Å². The number of carbonyl (C=O) groups excluding carboxylic acids is 3. The summed E-state index contributed by atoms with van der Waals surface area (Å²) in [5.74, 6) is -0.642. The Morgan fingerprint density at radius 1 is 1.12 bits per heavy atom. The fraction of sp³-hybridized carbons (Fsp3) is 0.565. The number of rotatable bonds is 5. The minimum absolute atomic E-state index is 0.0382. The molecule has 1 aromatic carbocycles. The second kappa shape index (κ2) is 9.85. The lowest BCUT2D eigenvalue weighted by molar-refractivity contribution is -0.149. The molecule has 1 saturated carbocycles. The first-order valence-corrected chi connectivity index (χ1v) is 11.7. The Labute approximate surface area is 193 Å². The molecule has 0 spiro atoms. The maximum absolute atomic E-state index is 13.1. The van der Waals surface area contributed by atoms with Crippen LogP contribution in [-0.2, 0) is 19.1 Å². The monoisotopic (exact) mass is 458 g/mol. The molecule has 2 heterocycles. The summed E-state index contributed by atoms with van der Waals surface area (Å²) < 4.78 is 4.86. The van der Waals surface area contributed by atoms with E-state index in [0.717, 1.165) is 13.1 Å². The number of anilines is 1. The molecule has 3 aliphatic rings. The van der Waals surface area contributed by atoms with Crippen LogP contribution in [0.15, 0.2) is 30.3 Å². The van der Waals surface area contributed by atoms with Crippen LogP contribution in [0.1, 0.15) is 25.7 Å². The predicted molar refractivity (Wildman–Crippen MR) is 124 cm³/mol. The molecule has 9 heteroatoms. The van der Waals surface area contributed by atoms with Gasteiger partial charge in [-0.1, -0.05) is 18.2 Å². The van der Waals surface area contributed by atoms with E-state index in [1.807, 2.05) is 23.1 Å². The number of piperazine rings is 1. The molecule has 2 amide bonds. The number of ether oxygens (including phenoxy) is 1. The molecule has 0 radical (unpaired) electrons. The molecule has 0 bridgehead atoms. The third kappa shape index (κ3) is 4.72. The summed E-state index contributed by atoms with van der Waals surface area (Å²) in [6.45, 7) is 3.22. The standard InChI is InChI=1S/C23H30N4O4S/c1-31-22(30)16-7-8-18-19(15-16)24-23(32)27(21(18)29)10-9-20(28)26-13-11-25(12-14-26)17-5-3-2-4-6-17/h2-6,16,18-19H,7-15H2,1H3,(H,24,32). The number of nitrogens with zero attached hydrogens (tertiary/aromatic N) is 3. The number of benzene rings is 1. The molecular formula is C23H30N4O4S. The quantitative estimate of drug-likeness (QED) is 0.528. The Hall–Kier alpha value is -2.68. The van der Waals surface area contributed by atoms with Gasteiger partial charge in [-0.25, -0.2) is 0 Å². The number of amides is 2. The van der Waals surface area contributed by atoms with E-state index < -0.39 is 0 Å². The first kappa shape index (κ1) is 22.5. The second-order valence-corrected chi connectivity index (χ2v) is 9.03. The average molecular weight is 459 g/mol. The average Bonchev–Trinajstić information content (AvgIpc) is 2.83. The van der Waals surface area contributed by atoms with Gasteiger partial charge in [0.25, 0.3) is 0 Å². The predicted octanol–water partition coefficient (Wildman–Crippen LogP) is 1.40. The van der Waals surface area contributed by atoms with E-state index in [1.54, 1.807) is 0 Å². The molecule has 1 aromatic rings. The fourth-order valence-electron chi connectivity index (χ4n) is 4.97. The normalized spacial score (nSPS) is 25.8. The van der Waals surface area contributed by atoms with Gasteiger partial charge in [0.05, 0.1) is 18.9 Å². The van der Waals surface area contributed by atoms with Crippen LogP contribution >= 0.6 is 12.2 Å². The van der Waals surface area contributed by atoms with E-state index in [9.17, 15) is 14.4 Å². The number of thiocarbonyl (C=S) groups is 1. The number of carbonyl (C=O) groups is 3. The van der Waals surface area contributed by atoms with E-state index in [4.69, 9.17) is 17.0 Å². The highest BCUT2D eigenvalue weighted by atomic mass is 32.1. The van der Waals surface area contributed by atoms with Gasteiger partial charge in [0.2, 0.25) is 11.8 Å². The smallest absolute Gasteiger partial charge is 0.308 e. The number of esters is 1. The summed E-state index contributed by atoms with van der Waals surface area (Å²) in [7, 11) is 1.39. The van der Waals surface area contributed by atoms with Gasteiger partial charge in [-0.15, -0.1) is 0 Å². The lowest BCUT2D eigenvalue weighted by Crippen LogP contribution is -2.62. The molecule has 4 rings (SSSR count). The van der Waals surface area contributed by atoms with Crippen molar-refractivity contribution < 1.29 is 19.1 Å². The summed E-state index contributed by atoms with van der Waals surface area (Å²) in [6.07, 6.45) is 2.04. The van der Waals surface area contributed by atoms with E-state index >= 15 is 0 Å². The van der Waals surface area contributed by atoms with Gasteiger partial charge in [0, 0.05) is 50.9 Å². The Morgan fingerprint density at radius 2 is 1.84 bits per heavy atom. The number of nitrogens with one attached hydrogen (secondary N) is 1. The van der Waals surface area contributed by atoms with Crippen LogP contribution in [0, 0.1) is 11.8 Å². The van der Waals surface area contributed by atoms with Crippen molar-refractivity contribution in [1.29, 1.82) is 0 Å². The third-order valence-corrected chi connectivity index (χ3v) is 7.16. The highest BCUT2D eigenvalue weighted by Gasteiger charge is 2.44. The van der Waals surface area contributed by atoms with Crippen molar-refractivity contribution in [2.45, 2.75) is 31.7 Å². The van der Waals surface area contributed by atoms with Gasteiger partial charge >= 0.3 is 5.97 Å². The third-order valence-electron chi connectivity index (χ3n) is 6.83. The largest absolute Gasteiger partial charge is 0.469 e. The summed E-state index contributed by atoms with van der Waals surface area (Å²) in [4.78, 5) is 43.4. The van der Waals surface area contributed by atoms with Crippen molar-refractivity contribution in [2.24, 2.45) is 11.8 Å². The Kier molecular flexibility index (Phi) is 6.93. The van der Waals surface area contributed by atoms with Crippen LogP contribution in [0.4, 0.5) is 5.69 Å². The minimum Gasteiger partial charge on any atom is -0.469 e. The van der Waals surface area contributed by atoms with Crippen LogP contribution in [0.2, 0.25) is 0 Å². The van der Waals surface area contributed by atoms with Crippen LogP contribution < -0.4 is 10.2 Å². The fourth-order valence-corrected chi connectivity index (χ4v) is 5.31. The first-order valence-electron chi connectivity index (χ1n) is 11.3. The summed E-state index contributed by atoms with van der Waals surface area (Å²) in [5, 5.41) is 3.58. The topological polar surface area (TPSA) is 82.2 Å². The maximum Gasteiger partial charge on any atom is 0.308 e. The molecule has 8 nitrogen and oxygen atoms in total. The molecule has 1 aliphatic carbocycles. The minimum atomic E-state index is -0.232. The molecule has 2 saturated heterocycles. The number of fused-ring (bicyclic) bond motifs is 1. The van der Waals surface area contributed by atoms with E-state index in [-0.39, 0.29) is 48.6 Å².